The van der Waals surface area contributed by atoms with E-state index in [0.717, 1.165) is 30.0 Å². The Labute approximate surface area is 106 Å². The molecule has 5 heteroatoms. The third kappa shape index (κ3) is 1.68. The number of aromatic nitrogens is 2. The van der Waals surface area contributed by atoms with Crippen LogP contribution in [0.1, 0.15) is 22.9 Å². The Hall–Kier alpha value is -1.85. The van der Waals surface area contributed by atoms with Crippen molar-refractivity contribution in [1.82, 2.24) is 15.2 Å². The summed E-state index contributed by atoms with van der Waals surface area (Å²) >= 11 is 0. The van der Waals surface area contributed by atoms with E-state index in [4.69, 9.17) is 10.6 Å². The molecule has 0 radical (unpaired) electrons. The summed E-state index contributed by atoms with van der Waals surface area (Å²) in [6.07, 6.45) is 2.73. The van der Waals surface area contributed by atoms with Crippen LogP contribution in [0.4, 0.5) is 0 Å². The van der Waals surface area contributed by atoms with E-state index in [9.17, 15) is 0 Å². The van der Waals surface area contributed by atoms with Gasteiger partial charge >= 0.3 is 0 Å². The van der Waals surface area contributed by atoms with Crippen LogP contribution in [-0.2, 0) is 13.5 Å². The lowest BCUT2D eigenvalue weighted by molar-refractivity contribution is 0.350. The van der Waals surface area contributed by atoms with E-state index in [1.54, 1.807) is 6.20 Å². The van der Waals surface area contributed by atoms with Crippen molar-refractivity contribution in [1.29, 1.82) is 0 Å². The summed E-state index contributed by atoms with van der Waals surface area (Å²) in [5.41, 5.74) is 6.18. The molecule has 1 unspecified atom stereocenters. The topological polar surface area (TPSA) is 65.1 Å². The van der Waals surface area contributed by atoms with Gasteiger partial charge in [-0.15, -0.1) is 0 Å². The van der Waals surface area contributed by atoms with Crippen molar-refractivity contribution >= 4 is 0 Å². The number of benzene rings is 1. The molecule has 0 saturated heterocycles. The van der Waals surface area contributed by atoms with E-state index in [1.807, 2.05) is 29.9 Å². The zero-order valence-electron chi connectivity index (χ0n) is 10.3. The number of rotatable bonds is 3. The number of nitrogens with one attached hydrogen (secondary N) is 1. The van der Waals surface area contributed by atoms with Gasteiger partial charge in [0.1, 0.15) is 5.75 Å². The summed E-state index contributed by atoms with van der Waals surface area (Å²) in [6.45, 7) is 0.745. The summed E-state index contributed by atoms with van der Waals surface area (Å²) in [4.78, 5) is 0. The normalized spacial score (nSPS) is 15.2. The maximum atomic E-state index is 5.73. The van der Waals surface area contributed by atoms with E-state index in [0.29, 0.717) is 0 Å². The molecule has 3 rings (SSSR count). The number of hydrazine groups is 1. The summed E-state index contributed by atoms with van der Waals surface area (Å²) in [5.74, 6) is 6.67. The first-order chi connectivity index (χ1) is 8.81. The lowest BCUT2D eigenvalue weighted by Crippen LogP contribution is -2.30. The van der Waals surface area contributed by atoms with Gasteiger partial charge in [-0.05, 0) is 11.6 Å². The third-order valence-corrected chi connectivity index (χ3v) is 3.38. The molecule has 1 aromatic heterocycles. The number of hydrogen-bond donors (Lipinski definition) is 2. The number of ether oxygens (including phenoxy) is 1. The van der Waals surface area contributed by atoms with Crippen LogP contribution in [0.15, 0.2) is 30.5 Å². The Kier molecular flexibility index (Phi) is 2.77. The van der Waals surface area contributed by atoms with E-state index >= 15 is 0 Å². The first-order valence-electron chi connectivity index (χ1n) is 6.00. The minimum Gasteiger partial charge on any atom is -0.493 e. The molecular weight excluding hydrogens is 228 g/mol. The number of nitrogens with zero attached hydrogens (tertiary/aromatic N) is 2. The van der Waals surface area contributed by atoms with Gasteiger partial charge in [0, 0.05) is 25.2 Å². The molecule has 0 saturated carbocycles. The van der Waals surface area contributed by atoms with Crippen molar-refractivity contribution in [3.05, 3.63) is 47.3 Å². The Morgan fingerprint density at radius 2 is 2.33 bits per heavy atom. The van der Waals surface area contributed by atoms with Gasteiger partial charge in [-0.2, -0.15) is 5.10 Å². The molecule has 1 aromatic carbocycles. The lowest BCUT2D eigenvalue weighted by atomic mass is 10.00. The summed E-state index contributed by atoms with van der Waals surface area (Å²) < 4.78 is 7.54. The zero-order chi connectivity index (χ0) is 12.5. The van der Waals surface area contributed by atoms with Gasteiger partial charge in [0.05, 0.1) is 18.3 Å². The van der Waals surface area contributed by atoms with Crippen molar-refractivity contribution < 1.29 is 4.74 Å². The Balaban J connectivity index is 2.08. The fraction of sp³-hybridized carbons (Fsp3) is 0.308. The lowest BCUT2D eigenvalue weighted by Gasteiger charge is -2.19. The predicted molar refractivity (Wildman–Crippen MR) is 68.0 cm³/mol. The fourth-order valence-corrected chi connectivity index (χ4v) is 2.47. The number of nitrogens with two attached hydrogens (primary N) is 1. The van der Waals surface area contributed by atoms with Crippen molar-refractivity contribution in [2.24, 2.45) is 12.9 Å². The van der Waals surface area contributed by atoms with Crippen molar-refractivity contribution in [3.63, 3.8) is 0 Å². The quantitative estimate of drug-likeness (QED) is 0.622. The molecule has 0 bridgehead atoms. The van der Waals surface area contributed by atoms with E-state index < -0.39 is 0 Å². The standard InChI is InChI=1S/C13H16N4O/c1-17-11(5-7-15-17)12(16-14)10-4-2-3-9-6-8-18-13(9)10/h2-5,7,12,16H,6,8,14H2,1H3. The number of para-hydroxylation sites is 1. The van der Waals surface area contributed by atoms with Crippen molar-refractivity contribution in [2.75, 3.05) is 6.61 Å². The fourth-order valence-electron chi connectivity index (χ4n) is 2.47. The van der Waals surface area contributed by atoms with Crippen molar-refractivity contribution in [2.45, 2.75) is 12.5 Å². The van der Waals surface area contributed by atoms with E-state index in [1.165, 1.54) is 5.56 Å². The first-order valence-corrected chi connectivity index (χ1v) is 6.00. The van der Waals surface area contributed by atoms with Gasteiger partial charge in [-0.25, -0.2) is 5.43 Å². The Morgan fingerprint density at radius 1 is 1.44 bits per heavy atom. The van der Waals surface area contributed by atoms with Gasteiger partial charge in [0.15, 0.2) is 0 Å². The van der Waals surface area contributed by atoms with Crippen LogP contribution in [0.5, 0.6) is 5.75 Å². The molecule has 3 N–H and O–H groups in total. The molecule has 0 aliphatic carbocycles. The molecule has 0 fully saturated rings. The smallest absolute Gasteiger partial charge is 0.127 e. The van der Waals surface area contributed by atoms with Crippen LogP contribution in [0.25, 0.3) is 0 Å². The molecular formula is C13H16N4O. The van der Waals surface area contributed by atoms with Gasteiger partial charge in [0.2, 0.25) is 0 Å². The Bertz CT molecular complexity index is 564. The SMILES string of the molecule is Cn1nccc1C(NN)c1cccc2c1OCC2. The van der Waals surface area contributed by atoms with Crippen LogP contribution in [-0.4, -0.2) is 16.4 Å². The largest absolute Gasteiger partial charge is 0.493 e. The van der Waals surface area contributed by atoms with E-state index in [-0.39, 0.29) is 6.04 Å². The minimum atomic E-state index is -0.106. The summed E-state index contributed by atoms with van der Waals surface area (Å²) in [6, 6.07) is 8.04. The highest BCUT2D eigenvalue weighted by molar-refractivity contribution is 5.47. The summed E-state index contributed by atoms with van der Waals surface area (Å²) in [7, 11) is 1.91. The highest BCUT2D eigenvalue weighted by Crippen LogP contribution is 2.35. The van der Waals surface area contributed by atoms with Crippen LogP contribution in [0.2, 0.25) is 0 Å². The molecule has 0 amide bonds. The molecule has 94 valence electrons. The van der Waals surface area contributed by atoms with Gasteiger partial charge in [0.25, 0.3) is 0 Å². The third-order valence-electron chi connectivity index (χ3n) is 3.38. The second kappa shape index (κ2) is 4.44. The molecule has 18 heavy (non-hydrogen) atoms. The molecule has 0 spiro atoms. The van der Waals surface area contributed by atoms with Crippen LogP contribution in [0, 0.1) is 0 Å². The Morgan fingerprint density at radius 3 is 3.06 bits per heavy atom. The van der Waals surface area contributed by atoms with Gasteiger partial charge < -0.3 is 4.74 Å². The summed E-state index contributed by atoms with van der Waals surface area (Å²) in [5, 5.41) is 4.18. The predicted octanol–water partition coefficient (Wildman–Crippen LogP) is 0.908. The second-order valence-electron chi connectivity index (χ2n) is 4.41. The maximum absolute atomic E-state index is 5.73. The molecule has 2 aromatic rings. The average Bonchev–Trinajstić information content (AvgIpc) is 3.00. The highest BCUT2D eigenvalue weighted by Gasteiger charge is 2.24. The molecule has 5 nitrogen and oxygen atoms in total. The monoisotopic (exact) mass is 244 g/mol. The van der Waals surface area contributed by atoms with Crippen LogP contribution < -0.4 is 16.0 Å². The molecule has 1 aliphatic heterocycles. The highest BCUT2D eigenvalue weighted by atomic mass is 16.5. The first kappa shape index (κ1) is 11.3. The average molecular weight is 244 g/mol. The van der Waals surface area contributed by atoms with Crippen molar-refractivity contribution in [3.8, 4) is 5.75 Å². The number of fused-ring (bicyclic) bond motifs is 1. The second-order valence-corrected chi connectivity index (χ2v) is 4.41. The minimum absolute atomic E-state index is 0.106. The molecule has 1 atom stereocenters. The molecule has 1 aliphatic rings. The molecule has 2 heterocycles. The maximum Gasteiger partial charge on any atom is 0.127 e. The van der Waals surface area contributed by atoms with Gasteiger partial charge in [-0.3, -0.25) is 10.5 Å². The number of aryl methyl sites for hydroxylation is 1. The zero-order valence-corrected chi connectivity index (χ0v) is 10.3. The van der Waals surface area contributed by atoms with Crippen LogP contribution >= 0.6 is 0 Å². The number of hydrogen-bond acceptors (Lipinski definition) is 4. The van der Waals surface area contributed by atoms with Crippen LogP contribution in [0.3, 0.4) is 0 Å². The van der Waals surface area contributed by atoms with E-state index in [2.05, 4.69) is 16.6 Å². The van der Waals surface area contributed by atoms with Gasteiger partial charge in [-0.1, -0.05) is 18.2 Å².